The molecule has 24 heavy (non-hydrogen) atoms. The molecule has 1 aliphatic heterocycles. The summed E-state index contributed by atoms with van der Waals surface area (Å²) < 4.78 is 83.7. The number of alkyl halides is 1. The maximum absolute atomic E-state index is 14.2. The topological polar surface area (TPSA) is 21.7 Å². The van der Waals surface area contributed by atoms with Gasteiger partial charge in [0.15, 0.2) is 6.17 Å². The van der Waals surface area contributed by atoms with Gasteiger partial charge in [-0.05, 0) is 5.41 Å². The molecule has 1 aromatic carbocycles. The standard InChI is InChI=1S/C15H14F6N3/c1-15(2,3)7-4-6(16)14-22-24(5-23(7)14)13-11(20)9(18)8(17)10(19)12(13)21/h5-7H,4H2,1-3H3/q+1/t6-,7+/m1/s1. The molecule has 0 amide bonds. The normalized spacial score (nSPS) is 20.5. The van der Waals surface area contributed by atoms with Gasteiger partial charge in [0.05, 0.1) is 6.04 Å². The minimum Gasteiger partial charge on any atom is -0.235 e. The molecule has 9 heteroatoms. The minimum absolute atomic E-state index is 0.112. The zero-order valence-electron chi connectivity index (χ0n) is 13.0. The molecule has 2 atom stereocenters. The van der Waals surface area contributed by atoms with Crippen LogP contribution in [0.4, 0.5) is 26.3 Å². The van der Waals surface area contributed by atoms with E-state index in [1.165, 1.54) is 4.57 Å². The monoisotopic (exact) mass is 350 g/mol. The number of nitrogens with zero attached hydrogens (tertiary/aromatic N) is 3. The van der Waals surface area contributed by atoms with Crippen LogP contribution in [0.15, 0.2) is 6.33 Å². The lowest BCUT2D eigenvalue weighted by Gasteiger charge is -2.24. The molecule has 130 valence electrons. The van der Waals surface area contributed by atoms with Crippen molar-refractivity contribution in [1.29, 1.82) is 0 Å². The van der Waals surface area contributed by atoms with Gasteiger partial charge in [-0.2, -0.15) is 8.78 Å². The number of benzene rings is 1. The van der Waals surface area contributed by atoms with Crippen LogP contribution in [0.25, 0.3) is 5.69 Å². The first-order chi connectivity index (χ1) is 11.0. The molecule has 0 bridgehead atoms. The summed E-state index contributed by atoms with van der Waals surface area (Å²) in [7, 11) is 0. The number of fused-ring (bicyclic) bond motifs is 1. The number of hydrogen-bond acceptors (Lipinski definition) is 1. The zero-order valence-corrected chi connectivity index (χ0v) is 13.0. The molecule has 1 aliphatic rings. The van der Waals surface area contributed by atoms with Crippen LogP contribution in [0, 0.1) is 34.5 Å². The van der Waals surface area contributed by atoms with Gasteiger partial charge in [-0.1, -0.05) is 25.5 Å². The minimum atomic E-state index is -2.25. The highest BCUT2D eigenvalue weighted by Gasteiger charge is 2.46. The molecular formula is C15H14F6N3+. The van der Waals surface area contributed by atoms with Crippen molar-refractivity contribution in [3.8, 4) is 5.69 Å². The second-order valence-electron chi connectivity index (χ2n) is 6.83. The van der Waals surface area contributed by atoms with Crippen molar-refractivity contribution in [2.45, 2.75) is 39.4 Å². The van der Waals surface area contributed by atoms with Gasteiger partial charge in [0, 0.05) is 11.5 Å². The van der Waals surface area contributed by atoms with Crippen LogP contribution >= 0.6 is 0 Å². The summed E-state index contributed by atoms with van der Waals surface area (Å²) in [5, 5.41) is 3.71. The summed E-state index contributed by atoms with van der Waals surface area (Å²) in [5.41, 5.74) is -1.61. The Morgan fingerprint density at radius 2 is 1.50 bits per heavy atom. The molecule has 0 N–H and O–H groups in total. The van der Waals surface area contributed by atoms with Crippen molar-refractivity contribution in [2.75, 3.05) is 0 Å². The van der Waals surface area contributed by atoms with Crippen molar-refractivity contribution in [1.82, 2.24) is 9.78 Å². The van der Waals surface area contributed by atoms with E-state index in [0.29, 0.717) is 4.68 Å². The summed E-state index contributed by atoms with van der Waals surface area (Å²) in [6.07, 6.45) is -0.302. The summed E-state index contributed by atoms with van der Waals surface area (Å²) in [6, 6.07) is -0.363. The number of rotatable bonds is 1. The predicted molar refractivity (Wildman–Crippen MR) is 70.5 cm³/mol. The van der Waals surface area contributed by atoms with Crippen molar-refractivity contribution in [2.24, 2.45) is 5.41 Å². The third-order valence-corrected chi connectivity index (χ3v) is 4.17. The fourth-order valence-corrected chi connectivity index (χ4v) is 2.92. The molecule has 2 aromatic rings. The van der Waals surface area contributed by atoms with E-state index < -0.39 is 40.9 Å². The Balaban J connectivity index is 2.20. The van der Waals surface area contributed by atoms with Crippen molar-refractivity contribution < 1.29 is 30.9 Å². The molecule has 3 rings (SSSR count). The average Bonchev–Trinajstić information content (AvgIpc) is 3.03. The van der Waals surface area contributed by atoms with Gasteiger partial charge < -0.3 is 0 Å². The van der Waals surface area contributed by atoms with Gasteiger partial charge in [0.1, 0.15) is 0 Å². The molecule has 0 saturated carbocycles. The Bertz CT molecular complexity index is 795. The Morgan fingerprint density at radius 3 is 2.00 bits per heavy atom. The summed E-state index contributed by atoms with van der Waals surface area (Å²) in [6.45, 7) is 5.55. The first kappa shape index (κ1) is 16.8. The van der Waals surface area contributed by atoms with E-state index in [1.807, 2.05) is 20.8 Å². The maximum atomic E-state index is 14.2. The molecule has 0 radical (unpaired) electrons. The van der Waals surface area contributed by atoms with E-state index in [0.717, 1.165) is 6.33 Å². The molecule has 2 heterocycles. The SMILES string of the molecule is CC(C)(C)[C@@H]1C[C@@H](F)c2nn(-c3c(F)c(F)c(F)c(F)c3F)c[n+]21. The highest BCUT2D eigenvalue weighted by atomic mass is 19.2. The Kier molecular flexibility index (Phi) is 3.65. The molecule has 0 saturated heterocycles. The molecule has 0 fully saturated rings. The highest BCUT2D eigenvalue weighted by molar-refractivity contribution is 5.36. The van der Waals surface area contributed by atoms with Gasteiger partial charge in [-0.25, -0.2) is 22.1 Å². The molecule has 0 aliphatic carbocycles. The van der Waals surface area contributed by atoms with Crippen LogP contribution in [0.5, 0.6) is 0 Å². The number of aromatic nitrogens is 3. The van der Waals surface area contributed by atoms with Gasteiger partial charge in [0.2, 0.25) is 41.1 Å². The largest absolute Gasteiger partial charge is 0.312 e. The van der Waals surface area contributed by atoms with Crippen LogP contribution in [-0.4, -0.2) is 9.78 Å². The maximum Gasteiger partial charge on any atom is 0.312 e. The third kappa shape index (κ3) is 2.29. The molecule has 0 spiro atoms. The fourth-order valence-electron chi connectivity index (χ4n) is 2.92. The van der Waals surface area contributed by atoms with Gasteiger partial charge >= 0.3 is 5.82 Å². The molecule has 0 unspecified atom stereocenters. The molecule has 3 nitrogen and oxygen atoms in total. The Hall–Kier alpha value is -2.06. The van der Waals surface area contributed by atoms with Crippen LogP contribution in [0.1, 0.15) is 45.2 Å². The number of halogens is 6. The van der Waals surface area contributed by atoms with Gasteiger partial charge in [-0.3, -0.25) is 0 Å². The van der Waals surface area contributed by atoms with Gasteiger partial charge in [0.25, 0.3) is 0 Å². The summed E-state index contributed by atoms with van der Waals surface area (Å²) >= 11 is 0. The van der Waals surface area contributed by atoms with Gasteiger partial charge in [-0.15, -0.1) is 0 Å². The lowest BCUT2D eigenvalue weighted by Crippen LogP contribution is -2.43. The number of hydrogen-bond donors (Lipinski definition) is 0. The summed E-state index contributed by atoms with van der Waals surface area (Å²) in [5.74, 6) is -10.6. The highest BCUT2D eigenvalue weighted by Crippen LogP contribution is 2.40. The summed E-state index contributed by atoms with van der Waals surface area (Å²) in [4.78, 5) is 0. The Labute approximate surface area is 133 Å². The second-order valence-corrected chi connectivity index (χ2v) is 6.83. The van der Waals surface area contributed by atoms with Crippen LogP contribution in [0.3, 0.4) is 0 Å². The smallest absolute Gasteiger partial charge is 0.235 e. The first-order valence-electron chi connectivity index (χ1n) is 7.20. The Morgan fingerprint density at radius 1 is 1.00 bits per heavy atom. The first-order valence-corrected chi connectivity index (χ1v) is 7.20. The van der Waals surface area contributed by atoms with E-state index in [-0.39, 0.29) is 23.7 Å². The van der Waals surface area contributed by atoms with Crippen LogP contribution < -0.4 is 4.57 Å². The van der Waals surface area contributed by atoms with E-state index in [1.54, 1.807) is 0 Å². The lowest BCUT2D eigenvalue weighted by atomic mass is 9.85. The van der Waals surface area contributed by atoms with E-state index >= 15 is 0 Å². The van der Waals surface area contributed by atoms with Crippen LogP contribution in [0.2, 0.25) is 0 Å². The van der Waals surface area contributed by atoms with E-state index in [2.05, 4.69) is 5.10 Å². The van der Waals surface area contributed by atoms with E-state index in [9.17, 15) is 26.3 Å². The fraction of sp³-hybridized carbons (Fsp3) is 0.467. The quantitative estimate of drug-likeness (QED) is 0.331. The average molecular weight is 350 g/mol. The predicted octanol–water partition coefficient (Wildman–Crippen LogP) is 3.86. The third-order valence-electron chi connectivity index (χ3n) is 4.17. The van der Waals surface area contributed by atoms with Crippen LogP contribution in [-0.2, 0) is 0 Å². The molecular weight excluding hydrogens is 336 g/mol. The lowest BCUT2D eigenvalue weighted by molar-refractivity contribution is -0.729. The van der Waals surface area contributed by atoms with E-state index in [4.69, 9.17) is 0 Å². The van der Waals surface area contributed by atoms with Crippen molar-refractivity contribution in [3.63, 3.8) is 0 Å². The van der Waals surface area contributed by atoms with Crippen molar-refractivity contribution >= 4 is 0 Å². The second kappa shape index (κ2) is 5.22. The van der Waals surface area contributed by atoms with Crippen molar-refractivity contribution in [3.05, 3.63) is 41.2 Å². The zero-order chi connectivity index (χ0) is 18.0. The molecule has 1 aromatic heterocycles.